The van der Waals surface area contributed by atoms with Crippen LogP contribution in [0.2, 0.25) is 0 Å². The Morgan fingerprint density at radius 1 is 1.37 bits per heavy atom. The molecular weight excluding hydrogens is 246 g/mol. The van der Waals surface area contributed by atoms with Gasteiger partial charge in [0.05, 0.1) is 25.1 Å². The van der Waals surface area contributed by atoms with Crippen molar-refractivity contribution in [2.24, 2.45) is 0 Å². The quantitative estimate of drug-likeness (QED) is 0.812. The molecule has 0 spiro atoms. The Bertz CT molecular complexity index is 509. The van der Waals surface area contributed by atoms with E-state index in [-0.39, 0.29) is 18.1 Å². The highest BCUT2D eigenvalue weighted by atomic mass is 16.5. The van der Waals surface area contributed by atoms with Crippen LogP contribution < -0.4 is 10.6 Å². The number of nitrogens with one attached hydrogen (secondary N) is 2. The lowest BCUT2D eigenvalue weighted by atomic mass is 10.4. The maximum atomic E-state index is 11.8. The first kappa shape index (κ1) is 13.0. The largest absolute Gasteiger partial charge is 0.369 e. The van der Waals surface area contributed by atoms with Crippen LogP contribution in [0.4, 0.5) is 5.82 Å². The van der Waals surface area contributed by atoms with E-state index in [4.69, 9.17) is 4.52 Å². The number of carbonyl (C=O) groups excluding carboxylic acids is 1. The third-order valence-electron chi connectivity index (χ3n) is 2.36. The van der Waals surface area contributed by atoms with Gasteiger partial charge in [-0.1, -0.05) is 12.1 Å². The predicted octanol–water partition coefficient (Wildman–Crippen LogP) is 1.22. The van der Waals surface area contributed by atoms with Crippen molar-refractivity contribution in [1.82, 2.24) is 20.4 Å². The minimum Gasteiger partial charge on any atom is -0.369 e. The van der Waals surface area contributed by atoms with Gasteiger partial charge in [0.1, 0.15) is 11.5 Å². The van der Waals surface area contributed by atoms with Crippen molar-refractivity contribution in [2.45, 2.75) is 19.9 Å². The van der Waals surface area contributed by atoms with Gasteiger partial charge in [-0.2, -0.15) is 0 Å². The molecule has 0 radical (unpaired) electrons. The van der Waals surface area contributed by atoms with Gasteiger partial charge in [0.15, 0.2) is 5.76 Å². The molecule has 0 aliphatic carbocycles. The Kier molecular flexibility index (Phi) is 4.44. The van der Waals surface area contributed by atoms with Gasteiger partial charge in [0.25, 0.3) is 5.91 Å². The molecule has 2 rings (SSSR count). The summed E-state index contributed by atoms with van der Waals surface area (Å²) in [4.78, 5) is 19.9. The molecule has 19 heavy (non-hydrogen) atoms. The van der Waals surface area contributed by atoms with Crippen LogP contribution >= 0.6 is 0 Å². The second kappa shape index (κ2) is 6.48. The summed E-state index contributed by atoms with van der Waals surface area (Å²) >= 11 is 0. The molecule has 0 bridgehead atoms. The van der Waals surface area contributed by atoms with Crippen molar-refractivity contribution >= 4 is 11.7 Å². The lowest BCUT2D eigenvalue weighted by molar-refractivity contribution is 0.0941. The van der Waals surface area contributed by atoms with Gasteiger partial charge in [-0.3, -0.25) is 4.79 Å². The molecule has 0 saturated carbocycles. The first-order valence-corrected chi connectivity index (χ1v) is 6.03. The number of nitrogens with zero attached hydrogens (tertiary/aromatic N) is 3. The summed E-state index contributed by atoms with van der Waals surface area (Å²) in [5, 5.41) is 9.31. The Hall–Kier alpha value is -2.44. The van der Waals surface area contributed by atoms with Gasteiger partial charge >= 0.3 is 0 Å². The lowest BCUT2D eigenvalue weighted by Crippen LogP contribution is -2.23. The minimum absolute atomic E-state index is 0.265. The molecule has 0 unspecified atom stereocenters. The zero-order valence-electron chi connectivity index (χ0n) is 10.6. The average Bonchev–Trinajstić information content (AvgIpc) is 2.96. The van der Waals surface area contributed by atoms with E-state index < -0.39 is 0 Å². The van der Waals surface area contributed by atoms with E-state index in [0.29, 0.717) is 11.6 Å². The van der Waals surface area contributed by atoms with Crippen molar-refractivity contribution in [1.29, 1.82) is 0 Å². The Morgan fingerprint density at radius 3 is 2.89 bits per heavy atom. The smallest absolute Gasteiger partial charge is 0.271 e. The molecule has 0 atom stereocenters. The van der Waals surface area contributed by atoms with Gasteiger partial charge < -0.3 is 15.2 Å². The third-order valence-corrected chi connectivity index (χ3v) is 2.36. The molecule has 7 nitrogen and oxygen atoms in total. The zero-order valence-corrected chi connectivity index (χ0v) is 10.6. The van der Waals surface area contributed by atoms with Gasteiger partial charge in [0, 0.05) is 12.6 Å². The van der Waals surface area contributed by atoms with E-state index in [1.807, 2.05) is 0 Å². The highest BCUT2D eigenvalue weighted by Gasteiger charge is 2.08. The number of hydrogen-bond donors (Lipinski definition) is 2. The fourth-order valence-electron chi connectivity index (χ4n) is 1.38. The molecule has 7 heteroatoms. The zero-order chi connectivity index (χ0) is 13.5. The van der Waals surface area contributed by atoms with Crippen molar-refractivity contribution < 1.29 is 9.32 Å². The molecule has 0 aliphatic heterocycles. The predicted molar refractivity (Wildman–Crippen MR) is 68.5 cm³/mol. The van der Waals surface area contributed by atoms with Gasteiger partial charge in [0.2, 0.25) is 0 Å². The van der Waals surface area contributed by atoms with Crippen LogP contribution in [0.3, 0.4) is 0 Å². The van der Waals surface area contributed by atoms with Crippen molar-refractivity contribution in [3.8, 4) is 0 Å². The van der Waals surface area contributed by atoms with Gasteiger partial charge in [-0.05, 0) is 6.42 Å². The summed E-state index contributed by atoms with van der Waals surface area (Å²) in [7, 11) is 0. The average molecular weight is 261 g/mol. The summed E-state index contributed by atoms with van der Waals surface area (Å²) in [5.41, 5.74) is 0.265. The molecule has 0 aromatic carbocycles. The molecule has 0 aliphatic rings. The normalized spacial score (nSPS) is 10.2. The summed E-state index contributed by atoms with van der Waals surface area (Å²) < 4.78 is 4.87. The Balaban J connectivity index is 1.88. The molecule has 100 valence electrons. The Labute approximate surface area is 110 Å². The number of carbonyl (C=O) groups is 1. The topological polar surface area (TPSA) is 92.9 Å². The van der Waals surface area contributed by atoms with Crippen LogP contribution in [0, 0.1) is 0 Å². The number of anilines is 1. The van der Waals surface area contributed by atoms with Crippen LogP contribution in [0.15, 0.2) is 29.2 Å². The molecule has 2 heterocycles. The molecule has 2 N–H and O–H groups in total. The number of hydrogen-bond acceptors (Lipinski definition) is 6. The summed E-state index contributed by atoms with van der Waals surface area (Å²) in [6.45, 7) is 3.16. The maximum Gasteiger partial charge on any atom is 0.271 e. The van der Waals surface area contributed by atoms with Crippen molar-refractivity contribution in [3.05, 3.63) is 36.1 Å². The molecule has 2 aromatic heterocycles. The number of amides is 1. The summed E-state index contributed by atoms with van der Waals surface area (Å²) in [6, 6.07) is 1.68. The van der Waals surface area contributed by atoms with E-state index in [1.165, 1.54) is 12.4 Å². The third kappa shape index (κ3) is 3.77. The van der Waals surface area contributed by atoms with E-state index >= 15 is 0 Å². The van der Waals surface area contributed by atoms with E-state index in [9.17, 15) is 4.79 Å². The number of aromatic nitrogens is 3. The maximum absolute atomic E-state index is 11.8. The molecule has 2 aromatic rings. The molecule has 0 fully saturated rings. The fraction of sp³-hybridized carbons (Fsp3) is 0.333. The lowest BCUT2D eigenvalue weighted by Gasteiger charge is -2.04. The van der Waals surface area contributed by atoms with Crippen molar-refractivity contribution in [2.75, 3.05) is 11.9 Å². The molecular formula is C12H15N5O2. The fourth-order valence-corrected chi connectivity index (χ4v) is 1.38. The van der Waals surface area contributed by atoms with Crippen molar-refractivity contribution in [3.63, 3.8) is 0 Å². The minimum atomic E-state index is -0.300. The summed E-state index contributed by atoms with van der Waals surface area (Å²) in [5.74, 6) is 0.946. The Morgan fingerprint density at radius 2 is 2.26 bits per heavy atom. The van der Waals surface area contributed by atoms with Crippen LogP contribution in [0.25, 0.3) is 0 Å². The highest BCUT2D eigenvalue weighted by molar-refractivity contribution is 5.91. The van der Waals surface area contributed by atoms with Crippen LogP contribution in [-0.2, 0) is 6.54 Å². The van der Waals surface area contributed by atoms with E-state index in [1.54, 1.807) is 12.3 Å². The van der Waals surface area contributed by atoms with Crippen LogP contribution in [-0.4, -0.2) is 27.6 Å². The highest BCUT2D eigenvalue weighted by Crippen LogP contribution is 2.02. The SMILES string of the molecule is CCCNc1cnc(C(=O)NCc2ccno2)cn1. The van der Waals surface area contributed by atoms with Gasteiger partial charge in [-0.15, -0.1) is 0 Å². The van der Waals surface area contributed by atoms with Gasteiger partial charge in [-0.25, -0.2) is 9.97 Å². The number of rotatable bonds is 6. The molecule has 1 amide bonds. The summed E-state index contributed by atoms with van der Waals surface area (Å²) in [6.07, 6.45) is 5.50. The van der Waals surface area contributed by atoms with E-state index in [2.05, 4.69) is 32.7 Å². The second-order valence-corrected chi connectivity index (χ2v) is 3.88. The van der Waals surface area contributed by atoms with E-state index in [0.717, 1.165) is 13.0 Å². The second-order valence-electron chi connectivity index (χ2n) is 3.88. The standard InChI is InChI=1S/C12H15N5O2/c1-2-4-13-11-8-14-10(7-15-11)12(18)16-6-9-3-5-17-19-9/h3,5,7-8H,2,4,6H2,1H3,(H,13,15)(H,16,18). The van der Waals surface area contributed by atoms with Crippen LogP contribution in [0.1, 0.15) is 29.6 Å². The first-order valence-electron chi connectivity index (χ1n) is 6.03. The molecule has 0 saturated heterocycles. The van der Waals surface area contributed by atoms with Crippen LogP contribution in [0.5, 0.6) is 0 Å². The first-order chi connectivity index (χ1) is 9.29. The monoisotopic (exact) mass is 261 g/mol.